The number of thiophene rings is 1. The van der Waals surface area contributed by atoms with Gasteiger partial charge in [-0.05, 0) is 74.4 Å². The van der Waals surface area contributed by atoms with Crippen LogP contribution < -0.4 is 5.19 Å². The molecule has 0 aliphatic rings. The fourth-order valence-electron chi connectivity index (χ4n) is 5.51. The second-order valence-corrected chi connectivity index (χ2v) is 19.2. The van der Waals surface area contributed by atoms with Crippen LogP contribution in [0.4, 0.5) is 4.39 Å². The van der Waals surface area contributed by atoms with Gasteiger partial charge in [-0.25, -0.2) is 4.39 Å². The minimum atomic E-state index is -1.23. The smallest absolute Gasteiger partial charge is 0.123 e. The Hall–Kier alpha value is -3.80. The Balaban J connectivity index is 0.000000217. The van der Waals surface area contributed by atoms with Crippen LogP contribution in [-0.2, 0) is 26.5 Å². The van der Waals surface area contributed by atoms with E-state index < -0.39 is 8.07 Å². The van der Waals surface area contributed by atoms with Crippen LogP contribution in [0.1, 0.15) is 19.4 Å². The SMILES string of the molecule is CC(C)Cc1ccnc(-c2[c-]ccc3c2sc2cc(-c4ccc(F)cc4)ccc23)c1.C[Si](C)(C)c1ccc(-c2[c-]cccc2)nc1.[Ir]. The number of rotatable bonds is 6. The van der Waals surface area contributed by atoms with E-state index in [2.05, 4.69) is 104 Å². The third-order valence-electron chi connectivity index (χ3n) is 7.95. The molecule has 0 N–H and O–H groups in total. The maximum absolute atomic E-state index is 13.3. The third-order valence-corrected chi connectivity index (χ3v) is 11.2. The van der Waals surface area contributed by atoms with Crippen molar-refractivity contribution in [3.63, 3.8) is 0 Å². The summed E-state index contributed by atoms with van der Waals surface area (Å²) >= 11 is 1.77. The van der Waals surface area contributed by atoms with E-state index in [1.54, 1.807) is 11.3 Å². The van der Waals surface area contributed by atoms with Crippen molar-refractivity contribution in [3.8, 4) is 33.6 Å². The van der Waals surface area contributed by atoms with Crippen molar-refractivity contribution in [1.29, 1.82) is 0 Å². The molecule has 0 unspecified atom stereocenters. The summed E-state index contributed by atoms with van der Waals surface area (Å²) in [5.74, 6) is 0.392. The molecule has 1 radical (unpaired) electrons. The Morgan fingerprint density at radius 3 is 2.23 bits per heavy atom. The van der Waals surface area contributed by atoms with E-state index in [4.69, 9.17) is 0 Å². The van der Waals surface area contributed by atoms with Crippen molar-refractivity contribution < 1.29 is 24.5 Å². The Morgan fingerprint density at radius 2 is 1.55 bits per heavy atom. The van der Waals surface area contributed by atoms with Gasteiger partial charge in [0.05, 0.1) is 8.07 Å². The molecular weight excluding hydrogens is 792 g/mol. The van der Waals surface area contributed by atoms with Gasteiger partial charge in [0.1, 0.15) is 5.82 Å². The van der Waals surface area contributed by atoms with Crippen LogP contribution in [0.5, 0.6) is 0 Å². The number of hydrogen-bond donors (Lipinski definition) is 0. The predicted octanol–water partition coefficient (Wildman–Crippen LogP) is 11.0. The largest absolute Gasteiger partial charge is 0.305 e. The minimum Gasteiger partial charge on any atom is -0.305 e. The Kier molecular flexibility index (Phi) is 11.0. The number of nitrogens with zero attached hydrogens (tertiary/aromatic N) is 2. The van der Waals surface area contributed by atoms with Gasteiger partial charge in [0, 0.05) is 37.2 Å². The molecule has 47 heavy (non-hydrogen) atoms. The number of pyridine rings is 2. The Morgan fingerprint density at radius 1 is 0.766 bits per heavy atom. The van der Waals surface area contributed by atoms with E-state index in [1.807, 2.05) is 54.9 Å². The number of benzene rings is 4. The fraction of sp³-hybridized carbons (Fsp3) is 0.171. The second kappa shape index (κ2) is 15.0. The van der Waals surface area contributed by atoms with Gasteiger partial charge in [0.25, 0.3) is 0 Å². The molecule has 239 valence electrons. The first kappa shape index (κ1) is 34.5. The van der Waals surface area contributed by atoms with Crippen LogP contribution in [0, 0.1) is 23.9 Å². The molecule has 0 fully saturated rings. The Bertz CT molecular complexity index is 2080. The molecule has 4 aromatic carbocycles. The summed E-state index contributed by atoms with van der Waals surface area (Å²) in [5, 5.41) is 3.85. The fourth-order valence-corrected chi connectivity index (χ4v) is 7.80. The topological polar surface area (TPSA) is 25.8 Å². The summed E-state index contributed by atoms with van der Waals surface area (Å²) in [7, 11) is -1.23. The van der Waals surface area contributed by atoms with E-state index >= 15 is 0 Å². The summed E-state index contributed by atoms with van der Waals surface area (Å²) in [6.07, 6.45) is 4.96. The van der Waals surface area contributed by atoms with E-state index in [1.165, 1.54) is 43.1 Å². The maximum atomic E-state index is 13.3. The number of fused-ring (bicyclic) bond motifs is 3. The summed E-state index contributed by atoms with van der Waals surface area (Å²) in [5.41, 5.74) is 7.52. The zero-order valence-electron chi connectivity index (χ0n) is 27.3. The van der Waals surface area contributed by atoms with Gasteiger partial charge in [0.2, 0.25) is 0 Å². The van der Waals surface area contributed by atoms with Crippen molar-refractivity contribution in [1.82, 2.24) is 9.97 Å². The first-order valence-corrected chi connectivity index (χ1v) is 20.0. The van der Waals surface area contributed by atoms with Crippen LogP contribution in [0.2, 0.25) is 19.6 Å². The molecule has 0 aliphatic carbocycles. The molecule has 0 atom stereocenters. The molecule has 3 heterocycles. The van der Waals surface area contributed by atoms with Crippen molar-refractivity contribution in [2.24, 2.45) is 5.92 Å². The molecule has 0 saturated heterocycles. The molecule has 0 spiro atoms. The average Bonchev–Trinajstić information content (AvgIpc) is 3.43. The molecule has 7 aromatic rings. The van der Waals surface area contributed by atoms with E-state index in [0.29, 0.717) is 5.92 Å². The van der Waals surface area contributed by atoms with E-state index in [9.17, 15) is 4.39 Å². The normalized spacial score (nSPS) is 11.3. The van der Waals surface area contributed by atoms with Crippen molar-refractivity contribution >= 4 is 44.8 Å². The van der Waals surface area contributed by atoms with Gasteiger partial charge in [-0.15, -0.1) is 59.7 Å². The van der Waals surface area contributed by atoms with Gasteiger partial charge in [-0.3, -0.25) is 0 Å². The van der Waals surface area contributed by atoms with Gasteiger partial charge >= 0.3 is 0 Å². The molecule has 0 amide bonds. The average molecular weight is 829 g/mol. The van der Waals surface area contributed by atoms with Crippen LogP contribution in [0.15, 0.2) is 116 Å². The molecule has 6 heteroatoms. The zero-order chi connectivity index (χ0) is 32.3. The number of halogens is 1. The monoisotopic (exact) mass is 829 g/mol. The summed E-state index contributed by atoms with van der Waals surface area (Å²) in [4.78, 5) is 9.17. The van der Waals surface area contributed by atoms with Crippen LogP contribution >= 0.6 is 11.3 Å². The van der Waals surface area contributed by atoms with Crippen molar-refractivity contribution in [2.45, 2.75) is 39.9 Å². The summed E-state index contributed by atoms with van der Waals surface area (Å²) < 4.78 is 15.7. The maximum Gasteiger partial charge on any atom is 0.123 e. The van der Waals surface area contributed by atoms with Gasteiger partial charge in [-0.2, -0.15) is 11.3 Å². The molecule has 7 rings (SSSR count). The molecular formula is C41H37FIrN2SSi-2. The summed E-state index contributed by atoms with van der Waals surface area (Å²) in [6, 6.07) is 40.4. The minimum absolute atomic E-state index is 0. The predicted molar refractivity (Wildman–Crippen MR) is 197 cm³/mol. The zero-order valence-corrected chi connectivity index (χ0v) is 31.5. The van der Waals surface area contributed by atoms with Crippen LogP contribution in [0.3, 0.4) is 0 Å². The second-order valence-electron chi connectivity index (χ2n) is 13.0. The van der Waals surface area contributed by atoms with Gasteiger partial charge in [0.15, 0.2) is 0 Å². The molecule has 0 saturated carbocycles. The van der Waals surface area contributed by atoms with Gasteiger partial charge < -0.3 is 9.97 Å². The molecule has 3 aromatic heterocycles. The third kappa shape index (κ3) is 8.20. The first-order chi connectivity index (χ1) is 22.2. The quantitative estimate of drug-likeness (QED) is 0.123. The standard InChI is InChI=1S/C27H21FNS.C14H16NSi.Ir/c1-17(2)14-18-12-13-29-25(15-18)24-5-3-4-23-22-11-8-20(16-26(22)30-27(23)24)19-6-9-21(28)10-7-19;1-16(2,3)13-9-10-14(15-11-13)12-7-5-4-6-8-12;/h3-4,6-13,15-17H,14H2,1-2H3;4-7,9-11H,1-3H3;/q2*-1;. The van der Waals surface area contributed by atoms with Crippen molar-refractivity contribution in [3.05, 3.63) is 139 Å². The van der Waals surface area contributed by atoms with Crippen molar-refractivity contribution in [2.75, 3.05) is 0 Å². The molecule has 0 aliphatic heterocycles. The summed E-state index contributed by atoms with van der Waals surface area (Å²) in [6.45, 7) is 11.5. The number of aromatic nitrogens is 2. The van der Waals surface area contributed by atoms with Crippen LogP contribution in [-0.4, -0.2) is 18.0 Å². The van der Waals surface area contributed by atoms with Gasteiger partial charge in [-0.1, -0.05) is 86.9 Å². The van der Waals surface area contributed by atoms with E-state index in [0.717, 1.165) is 40.1 Å². The molecule has 0 bridgehead atoms. The Labute approximate surface area is 296 Å². The molecule has 2 nitrogen and oxygen atoms in total. The van der Waals surface area contributed by atoms with E-state index in [-0.39, 0.29) is 25.9 Å². The first-order valence-electron chi connectivity index (χ1n) is 15.7. The number of hydrogen-bond acceptors (Lipinski definition) is 3. The van der Waals surface area contributed by atoms with Crippen LogP contribution in [0.25, 0.3) is 53.8 Å².